The Labute approximate surface area is 194 Å². The summed E-state index contributed by atoms with van der Waals surface area (Å²) in [5.74, 6) is -1.48. The zero-order chi connectivity index (χ0) is 25.0. The number of amidine groups is 1. The average molecular weight is 478 g/mol. The van der Waals surface area contributed by atoms with Crippen LogP contribution in [0, 0.1) is 0 Å². The maximum Gasteiger partial charge on any atom is 0.418 e. The highest BCUT2D eigenvalue weighted by molar-refractivity contribution is 6.05. The fourth-order valence-corrected chi connectivity index (χ4v) is 3.68. The molecule has 2 atom stereocenters. The van der Waals surface area contributed by atoms with Crippen molar-refractivity contribution in [1.29, 1.82) is 0 Å². The minimum Gasteiger partial charge on any atom is -0.383 e. The predicted octanol–water partition coefficient (Wildman–Crippen LogP) is 2.68. The number of carbonyl (C=O) groups is 2. The Morgan fingerprint density at radius 2 is 1.97 bits per heavy atom. The van der Waals surface area contributed by atoms with Gasteiger partial charge in [0.1, 0.15) is 5.84 Å². The Kier molecular flexibility index (Phi) is 7.57. The van der Waals surface area contributed by atoms with E-state index in [2.05, 4.69) is 10.3 Å². The summed E-state index contributed by atoms with van der Waals surface area (Å²) in [5, 5.41) is 12.9. The topological polar surface area (TPSA) is 117 Å². The van der Waals surface area contributed by atoms with Crippen LogP contribution in [0.4, 0.5) is 24.5 Å². The number of ether oxygens (including phenoxy) is 1. The van der Waals surface area contributed by atoms with Crippen molar-refractivity contribution in [3.05, 3.63) is 59.2 Å². The Bertz CT molecular complexity index is 1100. The first-order chi connectivity index (χ1) is 16.2. The van der Waals surface area contributed by atoms with Crippen LogP contribution in [-0.2, 0) is 27.0 Å². The largest absolute Gasteiger partial charge is 0.418 e. The number of morpholine rings is 1. The quantitative estimate of drug-likeness (QED) is 0.625. The van der Waals surface area contributed by atoms with Gasteiger partial charge in [-0.1, -0.05) is 26.0 Å². The first-order valence-electron chi connectivity index (χ1n) is 10.7. The number of halogens is 3. The number of aliphatic imine (C=N–C) groups is 1. The molecule has 11 heteroatoms. The molecular formula is C23H25F3N4O4. The van der Waals surface area contributed by atoms with Crippen LogP contribution in [0.5, 0.6) is 0 Å². The normalized spacial score (nSPS) is 18.4. The molecule has 8 nitrogen and oxygen atoms in total. The number of para-hydroxylation sites is 1. The molecule has 1 saturated heterocycles. The second-order valence-electron chi connectivity index (χ2n) is 7.30. The molecule has 2 heterocycles. The molecule has 0 aliphatic carbocycles. The lowest BCUT2D eigenvalue weighted by Gasteiger charge is -2.35. The predicted molar refractivity (Wildman–Crippen MR) is 120 cm³/mol. The molecule has 2 aliphatic heterocycles. The summed E-state index contributed by atoms with van der Waals surface area (Å²) < 4.78 is 45.4. The lowest BCUT2D eigenvalue weighted by Crippen LogP contribution is -2.55. The first-order valence-corrected chi connectivity index (χ1v) is 10.7. The molecule has 2 aromatic rings. The number of nitrogens with two attached hydrogens (primary N) is 1. The van der Waals surface area contributed by atoms with Gasteiger partial charge in [-0.25, -0.2) is 0 Å². The van der Waals surface area contributed by atoms with E-state index in [0.29, 0.717) is 18.1 Å². The fourth-order valence-electron chi connectivity index (χ4n) is 3.68. The number of benzene rings is 2. The van der Waals surface area contributed by atoms with Crippen molar-refractivity contribution in [3.63, 3.8) is 0 Å². The van der Waals surface area contributed by atoms with Gasteiger partial charge in [-0.15, -0.1) is 0 Å². The van der Waals surface area contributed by atoms with Crippen LogP contribution in [0.25, 0.3) is 0 Å². The van der Waals surface area contributed by atoms with Gasteiger partial charge in [0.25, 0.3) is 11.8 Å². The van der Waals surface area contributed by atoms with Gasteiger partial charge in [0.2, 0.25) is 0 Å². The number of anilines is 2. The minimum atomic E-state index is -4.68. The highest BCUT2D eigenvalue weighted by atomic mass is 19.4. The number of nitrogens with zero attached hydrogens (tertiary/aromatic N) is 2. The molecular weight excluding hydrogens is 453 g/mol. The van der Waals surface area contributed by atoms with Crippen molar-refractivity contribution >= 4 is 29.0 Å². The van der Waals surface area contributed by atoms with Crippen molar-refractivity contribution in [2.45, 2.75) is 38.8 Å². The molecule has 0 bridgehead atoms. The van der Waals surface area contributed by atoms with Gasteiger partial charge in [-0.05, 0) is 35.9 Å². The maximum atomic E-state index is 13.4. The van der Waals surface area contributed by atoms with E-state index >= 15 is 0 Å². The van der Waals surface area contributed by atoms with Gasteiger partial charge in [-0.2, -0.15) is 13.2 Å². The third kappa shape index (κ3) is 5.05. The molecule has 2 unspecified atom stereocenters. The van der Waals surface area contributed by atoms with Crippen molar-refractivity contribution in [3.8, 4) is 0 Å². The van der Waals surface area contributed by atoms with Gasteiger partial charge >= 0.3 is 6.18 Å². The second kappa shape index (κ2) is 10.2. The molecule has 2 amide bonds. The Balaban J connectivity index is 0.00000158. The highest BCUT2D eigenvalue weighted by Gasteiger charge is 2.42. The van der Waals surface area contributed by atoms with Crippen molar-refractivity contribution < 1.29 is 32.6 Å². The van der Waals surface area contributed by atoms with Crippen LogP contribution >= 0.6 is 0 Å². The molecule has 182 valence electrons. The SMILES string of the molecule is CC.NC1=NCc2cc(NC(=O)C(O)C3OCCN(c4ccccc4C(F)(F)F)C3=O)ccc21. The van der Waals surface area contributed by atoms with Gasteiger partial charge in [0, 0.05) is 17.8 Å². The lowest BCUT2D eigenvalue weighted by molar-refractivity contribution is -0.150. The van der Waals surface area contributed by atoms with Crippen LogP contribution in [-0.4, -0.2) is 48.1 Å². The molecule has 34 heavy (non-hydrogen) atoms. The van der Waals surface area contributed by atoms with Crippen molar-refractivity contribution in [2.75, 3.05) is 23.4 Å². The van der Waals surface area contributed by atoms with Gasteiger partial charge in [0.15, 0.2) is 12.2 Å². The molecule has 2 aliphatic rings. The number of carbonyl (C=O) groups excluding carboxylic acids is 2. The van der Waals surface area contributed by atoms with Crippen molar-refractivity contribution in [1.82, 2.24) is 0 Å². The summed E-state index contributed by atoms with van der Waals surface area (Å²) in [6.07, 6.45) is -8.27. The minimum absolute atomic E-state index is 0.150. The fraction of sp³-hybridized carbons (Fsp3) is 0.348. The number of hydrogen-bond donors (Lipinski definition) is 3. The monoisotopic (exact) mass is 478 g/mol. The van der Waals surface area contributed by atoms with Crippen LogP contribution in [0.2, 0.25) is 0 Å². The Hall–Kier alpha value is -3.44. The number of alkyl halides is 3. The Morgan fingerprint density at radius 3 is 2.68 bits per heavy atom. The molecule has 4 N–H and O–H groups in total. The number of aliphatic hydroxyl groups is 1. The van der Waals surface area contributed by atoms with E-state index in [1.54, 1.807) is 18.2 Å². The van der Waals surface area contributed by atoms with Crippen LogP contribution in [0.1, 0.15) is 30.5 Å². The summed E-state index contributed by atoms with van der Waals surface area (Å²) in [6.45, 7) is 4.05. The van der Waals surface area contributed by atoms with Crippen LogP contribution in [0.3, 0.4) is 0 Å². The van der Waals surface area contributed by atoms with E-state index in [1.165, 1.54) is 12.1 Å². The van der Waals surface area contributed by atoms with E-state index in [-0.39, 0.29) is 18.8 Å². The number of fused-ring (bicyclic) bond motifs is 1. The maximum absolute atomic E-state index is 13.4. The standard InChI is InChI=1S/C21H19F3N4O4.C2H6/c22-21(23,24)14-3-1-2-4-15(14)28-7-8-32-17(20(28)31)16(29)19(30)27-12-5-6-13-11(9-12)10-26-18(13)25;1-2/h1-6,9,16-17,29H,7-8,10H2,(H2,25,26)(H,27,30);1-2H3. The van der Waals surface area contributed by atoms with Crippen LogP contribution < -0.4 is 16.0 Å². The van der Waals surface area contributed by atoms with E-state index in [0.717, 1.165) is 28.2 Å². The number of hydrogen-bond acceptors (Lipinski definition) is 6. The van der Waals surface area contributed by atoms with Gasteiger partial charge in [-0.3, -0.25) is 14.6 Å². The molecule has 0 saturated carbocycles. The summed E-state index contributed by atoms with van der Waals surface area (Å²) in [5.41, 5.74) is 6.28. The first kappa shape index (κ1) is 25.2. The van der Waals surface area contributed by atoms with Gasteiger partial charge in [0.05, 0.1) is 24.4 Å². The Morgan fingerprint density at radius 1 is 1.26 bits per heavy atom. The van der Waals surface area contributed by atoms with E-state index in [9.17, 15) is 27.9 Å². The molecule has 4 rings (SSSR count). The van der Waals surface area contributed by atoms with E-state index in [4.69, 9.17) is 10.5 Å². The summed E-state index contributed by atoms with van der Waals surface area (Å²) in [6, 6.07) is 9.48. The second-order valence-corrected chi connectivity index (χ2v) is 7.30. The smallest absolute Gasteiger partial charge is 0.383 e. The molecule has 1 fully saturated rings. The van der Waals surface area contributed by atoms with E-state index < -0.39 is 35.8 Å². The number of rotatable bonds is 4. The number of amides is 2. The zero-order valence-electron chi connectivity index (χ0n) is 18.6. The number of aliphatic hydroxyl groups excluding tert-OH is 1. The molecule has 0 radical (unpaired) electrons. The zero-order valence-corrected chi connectivity index (χ0v) is 18.6. The highest BCUT2D eigenvalue weighted by Crippen LogP contribution is 2.37. The summed E-state index contributed by atoms with van der Waals surface area (Å²) in [7, 11) is 0. The summed E-state index contributed by atoms with van der Waals surface area (Å²) in [4.78, 5) is 30.4. The third-order valence-corrected chi connectivity index (χ3v) is 5.25. The molecule has 0 spiro atoms. The lowest BCUT2D eigenvalue weighted by atomic mass is 10.1. The van der Waals surface area contributed by atoms with Crippen LogP contribution in [0.15, 0.2) is 47.5 Å². The van der Waals surface area contributed by atoms with Crippen molar-refractivity contribution in [2.24, 2.45) is 10.7 Å². The third-order valence-electron chi connectivity index (χ3n) is 5.25. The summed E-state index contributed by atoms with van der Waals surface area (Å²) >= 11 is 0. The van der Waals surface area contributed by atoms with Gasteiger partial charge < -0.3 is 25.8 Å². The number of nitrogens with one attached hydrogen (secondary N) is 1. The average Bonchev–Trinajstić information content (AvgIpc) is 3.19. The molecule has 2 aromatic carbocycles. The molecule has 0 aromatic heterocycles. The van der Waals surface area contributed by atoms with E-state index in [1.807, 2.05) is 13.8 Å².